The quantitative estimate of drug-likeness (QED) is 0.431. The van der Waals surface area contributed by atoms with Crippen LogP contribution in [0, 0.1) is 5.82 Å². The van der Waals surface area contributed by atoms with Crippen molar-refractivity contribution in [3.05, 3.63) is 47.8 Å². The number of anilines is 2. The summed E-state index contributed by atoms with van der Waals surface area (Å²) in [5.74, 6) is -2.72. The number of hydrogen-bond donors (Lipinski definition) is 4. The third kappa shape index (κ3) is 5.65. The van der Waals surface area contributed by atoms with E-state index in [1.807, 2.05) is 6.92 Å². The molecule has 0 unspecified atom stereocenters. The molecule has 0 aliphatic carbocycles. The number of aromatic carboxylic acids is 1. The van der Waals surface area contributed by atoms with Crippen molar-refractivity contribution in [2.75, 3.05) is 16.6 Å². The van der Waals surface area contributed by atoms with E-state index >= 15 is 0 Å². The summed E-state index contributed by atoms with van der Waals surface area (Å²) >= 11 is 0. The van der Waals surface area contributed by atoms with Crippen molar-refractivity contribution in [1.82, 2.24) is 0 Å². The molecule has 29 heavy (non-hydrogen) atoms. The SMILES string of the molecule is CCCCNc1ccc(S(N)(=O)=O)cc1NS(=O)(=O)c1ccc(F)c(C(=O)O)c1. The Morgan fingerprint density at radius 2 is 1.72 bits per heavy atom. The van der Waals surface area contributed by atoms with E-state index in [9.17, 15) is 26.0 Å². The van der Waals surface area contributed by atoms with E-state index in [0.717, 1.165) is 31.0 Å². The lowest BCUT2D eigenvalue weighted by atomic mass is 10.2. The first kappa shape index (κ1) is 22.6. The average Bonchev–Trinajstić information content (AvgIpc) is 2.61. The summed E-state index contributed by atoms with van der Waals surface area (Å²) < 4.78 is 64.4. The summed E-state index contributed by atoms with van der Waals surface area (Å²) in [4.78, 5) is 10.2. The lowest BCUT2D eigenvalue weighted by Gasteiger charge is -2.15. The highest BCUT2D eigenvalue weighted by atomic mass is 32.2. The van der Waals surface area contributed by atoms with Gasteiger partial charge in [0.05, 0.1) is 26.7 Å². The summed E-state index contributed by atoms with van der Waals surface area (Å²) in [5, 5.41) is 17.1. The Kier molecular flexibility index (Phi) is 6.82. The van der Waals surface area contributed by atoms with Crippen LogP contribution in [-0.4, -0.2) is 34.5 Å². The molecule has 0 spiro atoms. The molecule has 0 heterocycles. The number of hydrogen-bond acceptors (Lipinski definition) is 6. The summed E-state index contributed by atoms with van der Waals surface area (Å²) in [5.41, 5.74) is -0.615. The van der Waals surface area contributed by atoms with Crippen molar-refractivity contribution >= 4 is 37.4 Å². The number of rotatable bonds is 9. The largest absolute Gasteiger partial charge is 0.478 e. The Bertz CT molecular complexity index is 1130. The number of primary sulfonamides is 1. The van der Waals surface area contributed by atoms with Crippen LogP contribution in [0.15, 0.2) is 46.2 Å². The first-order valence-electron chi connectivity index (χ1n) is 8.42. The third-order valence-corrected chi connectivity index (χ3v) is 6.16. The molecular weight excluding hydrogens is 425 g/mol. The first-order chi connectivity index (χ1) is 13.5. The Morgan fingerprint density at radius 1 is 1.07 bits per heavy atom. The Hall–Kier alpha value is -2.70. The van der Waals surface area contributed by atoms with Crippen molar-refractivity contribution in [3.63, 3.8) is 0 Å². The summed E-state index contributed by atoms with van der Waals surface area (Å²) in [6.45, 7) is 2.46. The minimum Gasteiger partial charge on any atom is -0.478 e. The van der Waals surface area contributed by atoms with Gasteiger partial charge in [-0.1, -0.05) is 13.3 Å². The molecule has 5 N–H and O–H groups in total. The number of carbonyl (C=O) groups is 1. The molecule has 9 nitrogen and oxygen atoms in total. The molecule has 2 aromatic carbocycles. The molecule has 0 amide bonds. The maximum Gasteiger partial charge on any atom is 0.338 e. The van der Waals surface area contributed by atoms with E-state index in [1.54, 1.807) is 0 Å². The van der Waals surface area contributed by atoms with Gasteiger partial charge in [-0.2, -0.15) is 0 Å². The number of carboxylic acids is 1. The average molecular weight is 445 g/mol. The zero-order chi connectivity index (χ0) is 21.8. The molecule has 2 aromatic rings. The highest BCUT2D eigenvalue weighted by Crippen LogP contribution is 2.28. The van der Waals surface area contributed by atoms with Gasteiger partial charge >= 0.3 is 5.97 Å². The summed E-state index contributed by atoms with van der Waals surface area (Å²) in [6, 6.07) is 5.93. The molecule has 158 valence electrons. The number of unbranched alkanes of at least 4 members (excludes halogenated alkanes) is 1. The molecule has 0 aromatic heterocycles. The number of benzene rings is 2. The van der Waals surface area contributed by atoms with E-state index in [2.05, 4.69) is 10.0 Å². The van der Waals surface area contributed by atoms with E-state index in [0.29, 0.717) is 18.3 Å². The topological polar surface area (TPSA) is 156 Å². The number of sulfonamides is 2. The number of nitrogens with one attached hydrogen (secondary N) is 2. The minimum absolute atomic E-state index is 0.103. The van der Waals surface area contributed by atoms with Crippen LogP contribution < -0.4 is 15.2 Å². The third-order valence-electron chi connectivity index (χ3n) is 3.89. The number of carboxylic acid groups (broad SMARTS) is 1. The lowest BCUT2D eigenvalue weighted by molar-refractivity contribution is 0.0691. The van der Waals surface area contributed by atoms with Gasteiger partial charge in [0.2, 0.25) is 10.0 Å². The fourth-order valence-corrected chi connectivity index (χ4v) is 4.01. The zero-order valence-electron chi connectivity index (χ0n) is 15.3. The molecule has 0 saturated carbocycles. The fourth-order valence-electron chi connectivity index (χ4n) is 2.38. The maximum absolute atomic E-state index is 13.6. The van der Waals surface area contributed by atoms with Gasteiger partial charge in [0.25, 0.3) is 10.0 Å². The van der Waals surface area contributed by atoms with E-state index < -0.39 is 42.3 Å². The van der Waals surface area contributed by atoms with Crippen LogP contribution in [0.4, 0.5) is 15.8 Å². The van der Waals surface area contributed by atoms with E-state index in [4.69, 9.17) is 10.2 Å². The minimum atomic E-state index is -4.36. The normalized spacial score (nSPS) is 11.8. The highest BCUT2D eigenvalue weighted by Gasteiger charge is 2.21. The Labute approximate surface area is 167 Å². The van der Waals surface area contributed by atoms with Gasteiger partial charge in [0, 0.05) is 6.54 Å². The van der Waals surface area contributed by atoms with Crippen LogP contribution in [0.5, 0.6) is 0 Å². The van der Waals surface area contributed by atoms with Gasteiger partial charge < -0.3 is 10.4 Å². The van der Waals surface area contributed by atoms with Gasteiger partial charge in [0.15, 0.2) is 0 Å². The zero-order valence-corrected chi connectivity index (χ0v) is 17.0. The number of nitrogens with two attached hydrogens (primary N) is 1. The van der Waals surface area contributed by atoms with Crippen molar-refractivity contribution in [2.24, 2.45) is 5.14 Å². The summed E-state index contributed by atoms with van der Waals surface area (Å²) in [7, 11) is -8.46. The molecule has 0 atom stereocenters. The monoisotopic (exact) mass is 445 g/mol. The van der Waals surface area contributed by atoms with Gasteiger partial charge in [-0.25, -0.2) is 31.2 Å². The molecule has 12 heteroatoms. The van der Waals surface area contributed by atoms with Crippen LogP contribution in [0.25, 0.3) is 0 Å². The smallest absolute Gasteiger partial charge is 0.338 e. The van der Waals surface area contributed by atoms with Crippen LogP contribution >= 0.6 is 0 Å². The molecule has 0 saturated heterocycles. The molecule has 0 radical (unpaired) electrons. The van der Waals surface area contributed by atoms with Gasteiger partial charge in [-0.05, 0) is 42.8 Å². The predicted molar refractivity (Wildman–Crippen MR) is 105 cm³/mol. The maximum atomic E-state index is 13.6. The molecule has 0 fully saturated rings. The second kappa shape index (κ2) is 8.76. The van der Waals surface area contributed by atoms with Crippen molar-refractivity contribution in [1.29, 1.82) is 0 Å². The molecule has 0 aliphatic heterocycles. The van der Waals surface area contributed by atoms with Crippen LogP contribution in [0.3, 0.4) is 0 Å². The van der Waals surface area contributed by atoms with Crippen LogP contribution in [0.2, 0.25) is 0 Å². The Balaban J connectivity index is 2.49. The molecule has 2 rings (SSSR count). The Morgan fingerprint density at radius 3 is 2.31 bits per heavy atom. The standard InChI is InChI=1S/C17H20FN3O6S2/c1-2-3-8-20-15-7-5-11(28(19,24)25)10-16(15)21-29(26,27)12-4-6-14(18)13(9-12)17(22)23/h4-7,9-10,20-21H,2-3,8H2,1H3,(H,22,23)(H2,19,24,25). The molecule has 0 bridgehead atoms. The van der Waals surface area contributed by atoms with E-state index in [-0.39, 0.29) is 10.6 Å². The molecule has 0 aliphatic rings. The van der Waals surface area contributed by atoms with E-state index in [1.165, 1.54) is 12.1 Å². The van der Waals surface area contributed by atoms with Crippen LogP contribution in [0.1, 0.15) is 30.1 Å². The van der Waals surface area contributed by atoms with Crippen molar-refractivity contribution in [2.45, 2.75) is 29.6 Å². The van der Waals surface area contributed by atoms with Gasteiger partial charge in [-0.3, -0.25) is 4.72 Å². The van der Waals surface area contributed by atoms with Crippen molar-refractivity contribution < 1.29 is 31.1 Å². The van der Waals surface area contributed by atoms with Gasteiger partial charge in [0.1, 0.15) is 5.82 Å². The van der Waals surface area contributed by atoms with Crippen molar-refractivity contribution in [3.8, 4) is 0 Å². The predicted octanol–water partition coefficient (Wildman–Crippen LogP) is 2.18. The fraction of sp³-hybridized carbons (Fsp3) is 0.235. The second-order valence-electron chi connectivity index (χ2n) is 6.09. The second-order valence-corrected chi connectivity index (χ2v) is 9.33. The number of halogens is 1. The molecular formula is C17H20FN3O6S2. The first-order valence-corrected chi connectivity index (χ1v) is 11.4. The highest BCUT2D eigenvalue weighted by molar-refractivity contribution is 7.92. The van der Waals surface area contributed by atoms with Crippen LogP contribution in [-0.2, 0) is 20.0 Å². The summed E-state index contributed by atoms with van der Waals surface area (Å²) in [6.07, 6.45) is 1.65. The lowest BCUT2D eigenvalue weighted by Crippen LogP contribution is -2.18. The van der Waals surface area contributed by atoms with Gasteiger partial charge in [-0.15, -0.1) is 0 Å².